The average molecular weight is 297 g/mol. The fourth-order valence-electron chi connectivity index (χ4n) is 2.34. The molecule has 0 saturated carbocycles. The summed E-state index contributed by atoms with van der Waals surface area (Å²) in [5.41, 5.74) is 4.66. The molecule has 2 aromatic rings. The SMILES string of the molecule is Cc1ccc(CN(CC(C)C(=O)O)c2ccc(C)cc2)cc1. The minimum absolute atomic E-state index is 0.410. The molecular formula is C19H23NO2. The molecule has 0 heterocycles. The molecule has 0 radical (unpaired) electrons. The second-order valence-corrected chi connectivity index (χ2v) is 5.94. The van der Waals surface area contributed by atoms with Crippen molar-refractivity contribution in [2.45, 2.75) is 27.3 Å². The van der Waals surface area contributed by atoms with Crippen molar-refractivity contribution in [3.05, 3.63) is 65.2 Å². The van der Waals surface area contributed by atoms with Gasteiger partial charge >= 0.3 is 5.97 Å². The van der Waals surface area contributed by atoms with Gasteiger partial charge in [0.25, 0.3) is 0 Å². The van der Waals surface area contributed by atoms with Crippen LogP contribution in [0.5, 0.6) is 0 Å². The molecule has 0 aliphatic rings. The molecule has 2 aromatic carbocycles. The molecule has 0 saturated heterocycles. The largest absolute Gasteiger partial charge is 0.481 e. The summed E-state index contributed by atoms with van der Waals surface area (Å²) in [6.07, 6.45) is 0. The molecule has 0 aliphatic carbocycles. The number of hydrogen-bond acceptors (Lipinski definition) is 2. The van der Waals surface area contributed by atoms with Crippen LogP contribution in [0.4, 0.5) is 5.69 Å². The van der Waals surface area contributed by atoms with Crippen LogP contribution in [0.25, 0.3) is 0 Å². The van der Waals surface area contributed by atoms with E-state index in [9.17, 15) is 9.90 Å². The molecule has 1 atom stereocenters. The highest BCUT2D eigenvalue weighted by Gasteiger charge is 2.17. The van der Waals surface area contributed by atoms with E-state index in [4.69, 9.17) is 0 Å². The van der Waals surface area contributed by atoms with Gasteiger partial charge in [0.2, 0.25) is 0 Å². The van der Waals surface area contributed by atoms with Crippen LogP contribution in [-0.2, 0) is 11.3 Å². The monoisotopic (exact) mass is 297 g/mol. The summed E-state index contributed by atoms with van der Waals surface area (Å²) in [5.74, 6) is -1.17. The zero-order valence-electron chi connectivity index (χ0n) is 13.4. The third-order valence-electron chi connectivity index (χ3n) is 3.81. The minimum atomic E-state index is -0.763. The van der Waals surface area contributed by atoms with Crippen molar-refractivity contribution in [1.29, 1.82) is 0 Å². The van der Waals surface area contributed by atoms with Crippen LogP contribution in [0.15, 0.2) is 48.5 Å². The van der Waals surface area contributed by atoms with Crippen LogP contribution in [0.2, 0.25) is 0 Å². The number of aliphatic carboxylic acids is 1. The summed E-state index contributed by atoms with van der Waals surface area (Å²) < 4.78 is 0. The van der Waals surface area contributed by atoms with Gasteiger partial charge in [0.15, 0.2) is 0 Å². The molecule has 0 spiro atoms. The van der Waals surface area contributed by atoms with Crippen molar-refractivity contribution >= 4 is 11.7 Å². The summed E-state index contributed by atoms with van der Waals surface area (Å²) in [7, 11) is 0. The Labute approximate surface area is 132 Å². The number of carboxylic acids is 1. The molecule has 2 rings (SSSR count). The molecule has 22 heavy (non-hydrogen) atoms. The maximum Gasteiger partial charge on any atom is 0.308 e. The zero-order valence-corrected chi connectivity index (χ0v) is 13.4. The summed E-state index contributed by atoms with van der Waals surface area (Å²) >= 11 is 0. The number of aryl methyl sites for hydroxylation is 2. The van der Waals surface area contributed by atoms with E-state index in [0.717, 1.165) is 5.69 Å². The van der Waals surface area contributed by atoms with Gasteiger partial charge in [-0.1, -0.05) is 54.4 Å². The highest BCUT2D eigenvalue weighted by atomic mass is 16.4. The number of carbonyl (C=O) groups is 1. The molecule has 0 bridgehead atoms. The Morgan fingerprint density at radius 3 is 2.00 bits per heavy atom. The third-order valence-corrected chi connectivity index (χ3v) is 3.81. The lowest BCUT2D eigenvalue weighted by Gasteiger charge is -2.27. The number of rotatable bonds is 6. The van der Waals surface area contributed by atoms with Crippen molar-refractivity contribution in [3.8, 4) is 0 Å². The Morgan fingerprint density at radius 1 is 1.00 bits per heavy atom. The zero-order chi connectivity index (χ0) is 16.1. The summed E-state index contributed by atoms with van der Waals surface area (Å²) in [6.45, 7) is 7.06. The lowest BCUT2D eigenvalue weighted by molar-refractivity contribution is -0.140. The van der Waals surface area contributed by atoms with Crippen LogP contribution in [0, 0.1) is 19.8 Å². The Balaban J connectivity index is 2.22. The molecule has 0 aliphatic heterocycles. The van der Waals surface area contributed by atoms with Crippen molar-refractivity contribution in [3.63, 3.8) is 0 Å². The van der Waals surface area contributed by atoms with Gasteiger partial charge in [-0.05, 0) is 31.5 Å². The maximum atomic E-state index is 11.2. The van der Waals surface area contributed by atoms with Crippen LogP contribution < -0.4 is 4.90 Å². The molecule has 3 nitrogen and oxygen atoms in total. The molecule has 0 fully saturated rings. The van der Waals surface area contributed by atoms with Crippen molar-refractivity contribution in [2.24, 2.45) is 5.92 Å². The van der Waals surface area contributed by atoms with E-state index in [1.54, 1.807) is 6.92 Å². The first-order valence-corrected chi connectivity index (χ1v) is 7.55. The van der Waals surface area contributed by atoms with Crippen LogP contribution in [0.3, 0.4) is 0 Å². The average Bonchev–Trinajstić information content (AvgIpc) is 2.49. The van der Waals surface area contributed by atoms with E-state index in [0.29, 0.717) is 13.1 Å². The lowest BCUT2D eigenvalue weighted by Crippen LogP contribution is -2.31. The van der Waals surface area contributed by atoms with E-state index in [1.807, 2.05) is 6.92 Å². The van der Waals surface area contributed by atoms with E-state index >= 15 is 0 Å². The number of nitrogens with zero attached hydrogens (tertiary/aromatic N) is 1. The summed E-state index contributed by atoms with van der Waals surface area (Å²) in [5, 5.41) is 9.20. The number of hydrogen-bond donors (Lipinski definition) is 1. The molecule has 116 valence electrons. The second-order valence-electron chi connectivity index (χ2n) is 5.94. The Bertz CT molecular complexity index is 617. The number of anilines is 1. The van der Waals surface area contributed by atoms with Crippen molar-refractivity contribution < 1.29 is 9.90 Å². The van der Waals surface area contributed by atoms with E-state index in [1.165, 1.54) is 16.7 Å². The minimum Gasteiger partial charge on any atom is -0.481 e. The van der Waals surface area contributed by atoms with Gasteiger partial charge in [-0.2, -0.15) is 0 Å². The lowest BCUT2D eigenvalue weighted by atomic mass is 10.1. The molecule has 0 aromatic heterocycles. The number of carboxylic acid groups (broad SMARTS) is 1. The van der Waals surface area contributed by atoms with Crippen molar-refractivity contribution in [2.75, 3.05) is 11.4 Å². The molecule has 1 N–H and O–H groups in total. The topological polar surface area (TPSA) is 40.5 Å². The van der Waals surface area contributed by atoms with Gasteiger partial charge in [0.05, 0.1) is 5.92 Å². The van der Waals surface area contributed by atoms with Crippen LogP contribution in [-0.4, -0.2) is 17.6 Å². The highest BCUT2D eigenvalue weighted by molar-refractivity contribution is 5.70. The first kappa shape index (κ1) is 16.1. The van der Waals surface area contributed by atoms with Gasteiger partial charge in [-0.3, -0.25) is 4.79 Å². The van der Waals surface area contributed by atoms with Crippen LogP contribution in [0.1, 0.15) is 23.6 Å². The molecule has 3 heteroatoms. The van der Waals surface area contributed by atoms with Gasteiger partial charge in [0, 0.05) is 18.8 Å². The van der Waals surface area contributed by atoms with Gasteiger partial charge < -0.3 is 10.0 Å². The van der Waals surface area contributed by atoms with Crippen LogP contribution >= 0.6 is 0 Å². The first-order chi connectivity index (χ1) is 10.5. The second kappa shape index (κ2) is 7.12. The predicted octanol–water partition coefficient (Wildman–Crippen LogP) is 4.03. The molecular weight excluding hydrogens is 274 g/mol. The van der Waals surface area contributed by atoms with Crippen molar-refractivity contribution in [1.82, 2.24) is 0 Å². The Kier molecular flexibility index (Phi) is 5.21. The van der Waals surface area contributed by atoms with E-state index in [-0.39, 0.29) is 0 Å². The first-order valence-electron chi connectivity index (χ1n) is 7.55. The van der Waals surface area contributed by atoms with Gasteiger partial charge in [0.1, 0.15) is 0 Å². The van der Waals surface area contributed by atoms with E-state index in [2.05, 4.69) is 60.4 Å². The standard InChI is InChI=1S/C19H23NO2/c1-14-4-8-17(9-5-14)13-20(12-16(3)19(21)22)18-10-6-15(2)7-11-18/h4-11,16H,12-13H2,1-3H3,(H,21,22). The maximum absolute atomic E-state index is 11.2. The fourth-order valence-corrected chi connectivity index (χ4v) is 2.34. The smallest absolute Gasteiger partial charge is 0.308 e. The molecule has 0 amide bonds. The predicted molar refractivity (Wildman–Crippen MR) is 90.2 cm³/mol. The summed E-state index contributed by atoms with van der Waals surface area (Å²) in [4.78, 5) is 13.3. The Hall–Kier alpha value is -2.29. The highest BCUT2D eigenvalue weighted by Crippen LogP contribution is 2.20. The quantitative estimate of drug-likeness (QED) is 0.875. The molecule has 1 unspecified atom stereocenters. The normalized spacial score (nSPS) is 12.0. The summed E-state index contributed by atoms with van der Waals surface area (Å²) in [6, 6.07) is 16.6. The third kappa shape index (κ3) is 4.35. The van der Waals surface area contributed by atoms with Gasteiger partial charge in [-0.25, -0.2) is 0 Å². The van der Waals surface area contributed by atoms with Gasteiger partial charge in [-0.15, -0.1) is 0 Å². The van der Waals surface area contributed by atoms with E-state index < -0.39 is 11.9 Å². The Morgan fingerprint density at radius 2 is 1.50 bits per heavy atom. The number of benzene rings is 2. The fraction of sp³-hybridized carbons (Fsp3) is 0.316.